The monoisotopic (exact) mass is 650 g/mol. The minimum atomic E-state index is -0.782. The average molecular weight is 652 g/mol. The summed E-state index contributed by atoms with van der Waals surface area (Å²) in [6, 6.07) is 16.3. The number of nitrogens with zero attached hydrogens (tertiary/aromatic N) is 1. The van der Waals surface area contributed by atoms with E-state index in [4.69, 9.17) is 37.4 Å². The summed E-state index contributed by atoms with van der Waals surface area (Å²) in [5, 5.41) is 4.37. The highest BCUT2D eigenvalue weighted by Crippen LogP contribution is 2.42. The first-order chi connectivity index (χ1) is 21.6. The van der Waals surface area contributed by atoms with Crippen molar-refractivity contribution in [3.63, 3.8) is 0 Å². The lowest BCUT2D eigenvalue weighted by atomic mass is 9.75. The Morgan fingerprint density at radius 2 is 1.82 bits per heavy atom. The quantitative estimate of drug-likeness (QED) is 0.264. The third-order valence-corrected chi connectivity index (χ3v) is 10.2. The second-order valence-corrected chi connectivity index (χ2v) is 13.8. The van der Waals surface area contributed by atoms with Crippen LogP contribution in [0.25, 0.3) is 0 Å². The number of ether oxygens (including phenoxy) is 3. The molecular formula is C36H40Cl2N2O5. The maximum absolute atomic E-state index is 13.5. The van der Waals surface area contributed by atoms with E-state index in [9.17, 15) is 9.59 Å². The van der Waals surface area contributed by atoms with E-state index in [0.29, 0.717) is 64.6 Å². The van der Waals surface area contributed by atoms with Gasteiger partial charge in [0.1, 0.15) is 30.3 Å². The van der Waals surface area contributed by atoms with Gasteiger partial charge in [-0.3, -0.25) is 9.59 Å². The standard InChI is InChI=1S/C36H40Cl2N2O5/c1-20(2)27-11-5-21(3)13-32(27)45-36(42)30-15-24-16-31-33(17-25(24)18-39-30)44-34(35(41)40(31)4)23-7-9-26(10-8-23)43-19-22-6-12-28(37)29(38)14-22/h6-10,12,14,16-17,20-21,27,30,32,34,39H,5,11,13,15,18-19H2,1-4H3/t21-,27+,30?,32-,34-/m1/s1. The van der Waals surface area contributed by atoms with E-state index in [1.165, 1.54) is 6.42 Å². The Balaban J connectivity index is 1.12. The topological polar surface area (TPSA) is 77.1 Å². The molecule has 1 unspecified atom stereocenters. The van der Waals surface area contributed by atoms with E-state index < -0.39 is 12.1 Å². The van der Waals surface area contributed by atoms with E-state index in [2.05, 4.69) is 26.1 Å². The lowest BCUT2D eigenvalue weighted by Crippen LogP contribution is -2.46. The smallest absolute Gasteiger partial charge is 0.323 e. The summed E-state index contributed by atoms with van der Waals surface area (Å²) in [6.07, 6.45) is 2.90. The Hall–Kier alpha value is -3.26. The molecule has 7 nitrogen and oxygen atoms in total. The molecule has 1 fully saturated rings. The molecule has 2 heterocycles. The van der Waals surface area contributed by atoms with Crippen molar-refractivity contribution in [3.05, 3.63) is 86.9 Å². The normalized spacial score (nSPS) is 24.5. The highest BCUT2D eigenvalue weighted by Gasteiger charge is 2.38. The lowest BCUT2D eigenvalue weighted by molar-refractivity contribution is -0.158. The first kappa shape index (κ1) is 31.7. The number of hydrogen-bond donors (Lipinski definition) is 1. The molecule has 0 saturated heterocycles. The summed E-state index contributed by atoms with van der Waals surface area (Å²) in [5.41, 5.74) is 4.41. The van der Waals surface area contributed by atoms with Crippen molar-refractivity contribution < 1.29 is 23.8 Å². The molecular weight excluding hydrogens is 611 g/mol. The summed E-state index contributed by atoms with van der Waals surface area (Å²) in [6.45, 7) is 7.53. The average Bonchev–Trinajstić information content (AvgIpc) is 3.02. The molecule has 1 amide bonds. The highest BCUT2D eigenvalue weighted by molar-refractivity contribution is 6.42. The number of halogens is 2. The number of carbonyl (C=O) groups excluding carboxylic acids is 2. The third kappa shape index (κ3) is 6.81. The zero-order chi connectivity index (χ0) is 31.8. The number of rotatable bonds is 7. The second-order valence-electron chi connectivity index (χ2n) is 13.0. The van der Waals surface area contributed by atoms with Crippen LogP contribution < -0.4 is 19.7 Å². The third-order valence-electron chi connectivity index (χ3n) is 9.49. The van der Waals surface area contributed by atoms with Crippen molar-refractivity contribution in [2.24, 2.45) is 17.8 Å². The molecule has 5 atom stereocenters. The Labute approximate surface area is 275 Å². The van der Waals surface area contributed by atoms with E-state index in [1.807, 2.05) is 42.5 Å². The van der Waals surface area contributed by atoms with Crippen molar-refractivity contribution in [2.75, 3.05) is 11.9 Å². The van der Waals surface area contributed by atoms with E-state index >= 15 is 0 Å². The summed E-state index contributed by atoms with van der Waals surface area (Å²) in [7, 11) is 1.76. The molecule has 6 rings (SSSR count). The number of amides is 1. The van der Waals surface area contributed by atoms with Gasteiger partial charge in [0.2, 0.25) is 6.10 Å². The van der Waals surface area contributed by atoms with Crippen molar-refractivity contribution in [2.45, 2.75) is 77.9 Å². The molecule has 2 aliphatic heterocycles. The van der Waals surface area contributed by atoms with Gasteiger partial charge in [-0.05, 0) is 90.1 Å². The fraction of sp³-hybridized carbons (Fsp3) is 0.444. The van der Waals surface area contributed by atoms with Crippen LogP contribution in [0.3, 0.4) is 0 Å². The van der Waals surface area contributed by atoms with Crippen LogP contribution in [0.4, 0.5) is 5.69 Å². The van der Waals surface area contributed by atoms with Crippen LogP contribution in [0.5, 0.6) is 11.5 Å². The molecule has 1 saturated carbocycles. The number of hydrogen-bond acceptors (Lipinski definition) is 6. The van der Waals surface area contributed by atoms with Gasteiger partial charge in [-0.1, -0.05) is 68.6 Å². The Kier molecular flexibility index (Phi) is 9.32. The highest BCUT2D eigenvalue weighted by atomic mass is 35.5. The Bertz CT molecular complexity index is 1580. The molecule has 0 aromatic heterocycles. The molecule has 0 radical (unpaired) electrons. The SMILES string of the molecule is CC(C)[C@@H]1CC[C@@H](C)C[C@H]1OC(=O)C1Cc2cc3c(cc2CN1)O[C@H](c1ccc(OCc2ccc(Cl)c(Cl)c2)cc1)C(=O)N3C. The fourth-order valence-corrected chi connectivity index (χ4v) is 7.08. The summed E-state index contributed by atoms with van der Waals surface area (Å²) < 4.78 is 18.4. The molecule has 1 aliphatic carbocycles. The molecule has 9 heteroatoms. The van der Waals surface area contributed by atoms with Crippen molar-refractivity contribution in [1.29, 1.82) is 0 Å². The van der Waals surface area contributed by atoms with Gasteiger partial charge in [0.25, 0.3) is 5.91 Å². The number of likely N-dealkylation sites (N-methyl/N-ethyl adjacent to an activating group) is 1. The van der Waals surface area contributed by atoms with Crippen LogP contribution >= 0.6 is 23.2 Å². The van der Waals surface area contributed by atoms with Gasteiger partial charge >= 0.3 is 5.97 Å². The van der Waals surface area contributed by atoms with Crippen molar-refractivity contribution in [3.8, 4) is 11.5 Å². The maximum atomic E-state index is 13.5. The van der Waals surface area contributed by atoms with Gasteiger partial charge in [-0.25, -0.2) is 0 Å². The minimum absolute atomic E-state index is 0.0368. The van der Waals surface area contributed by atoms with Crippen LogP contribution in [-0.2, 0) is 33.9 Å². The molecule has 0 bridgehead atoms. The first-order valence-corrected chi connectivity index (χ1v) is 16.5. The van der Waals surface area contributed by atoms with Gasteiger partial charge < -0.3 is 24.4 Å². The maximum Gasteiger partial charge on any atom is 0.323 e. The van der Waals surface area contributed by atoms with E-state index in [-0.39, 0.29) is 18.0 Å². The second kappa shape index (κ2) is 13.2. The molecule has 3 aromatic carbocycles. The number of anilines is 1. The van der Waals surface area contributed by atoms with Gasteiger partial charge in [0, 0.05) is 19.2 Å². The lowest BCUT2D eigenvalue weighted by Gasteiger charge is -2.38. The number of nitrogens with one attached hydrogen (secondary N) is 1. The van der Waals surface area contributed by atoms with Crippen LogP contribution in [0, 0.1) is 17.8 Å². The zero-order valence-corrected chi connectivity index (χ0v) is 27.7. The number of fused-ring (bicyclic) bond motifs is 2. The zero-order valence-electron chi connectivity index (χ0n) is 26.1. The minimum Gasteiger partial charge on any atom is -0.489 e. The fourth-order valence-electron chi connectivity index (χ4n) is 6.76. The van der Waals surface area contributed by atoms with Crippen LogP contribution in [-0.4, -0.2) is 31.1 Å². The van der Waals surface area contributed by atoms with Gasteiger partial charge in [-0.2, -0.15) is 0 Å². The number of carbonyl (C=O) groups is 2. The molecule has 0 spiro atoms. The Morgan fingerprint density at radius 1 is 1.04 bits per heavy atom. The molecule has 238 valence electrons. The van der Waals surface area contributed by atoms with Crippen molar-refractivity contribution in [1.82, 2.24) is 5.32 Å². The number of esters is 1. The largest absolute Gasteiger partial charge is 0.489 e. The van der Waals surface area contributed by atoms with Gasteiger partial charge in [-0.15, -0.1) is 0 Å². The first-order valence-electron chi connectivity index (χ1n) is 15.8. The number of benzene rings is 3. The molecule has 45 heavy (non-hydrogen) atoms. The van der Waals surface area contributed by atoms with Crippen LogP contribution in [0.2, 0.25) is 10.0 Å². The molecule has 1 N–H and O–H groups in total. The predicted molar refractivity (Wildman–Crippen MR) is 176 cm³/mol. The summed E-state index contributed by atoms with van der Waals surface area (Å²) in [5.74, 6) is 2.39. The van der Waals surface area contributed by atoms with Crippen LogP contribution in [0.15, 0.2) is 54.6 Å². The molecule has 3 aromatic rings. The van der Waals surface area contributed by atoms with Crippen molar-refractivity contribution >= 4 is 40.8 Å². The predicted octanol–water partition coefficient (Wildman–Crippen LogP) is 7.69. The van der Waals surface area contributed by atoms with E-state index in [1.54, 1.807) is 24.1 Å². The van der Waals surface area contributed by atoms with Gasteiger partial charge in [0.05, 0.1) is 15.7 Å². The Morgan fingerprint density at radius 3 is 2.56 bits per heavy atom. The van der Waals surface area contributed by atoms with E-state index in [0.717, 1.165) is 35.1 Å². The summed E-state index contributed by atoms with van der Waals surface area (Å²) >= 11 is 12.1. The summed E-state index contributed by atoms with van der Waals surface area (Å²) in [4.78, 5) is 28.4. The van der Waals surface area contributed by atoms with Gasteiger partial charge in [0.15, 0.2) is 0 Å². The molecule has 3 aliphatic rings. The van der Waals surface area contributed by atoms with Crippen LogP contribution in [0.1, 0.15) is 68.4 Å².